The summed E-state index contributed by atoms with van der Waals surface area (Å²) >= 11 is 0. The number of benzene rings is 4. The Hall–Kier alpha value is -4.59. The van der Waals surface area contributed by atoms with Gasteiger partial charge < -0.3 is 4.74 Å². The zero-order valence-corrected chi connectivity index (χ0v) is 25.1. The van der Waals surface area contributed by atoms with Crippen molar-refractivity contribution in [2.24, 2.45) is 0 Å². The van der Waals surface area contributed by atoms with E-state index in [0.717, 1.165) is 78.7 Å². The quantitative estimate of drug-likeness (QED) is 0.193. The van der Waals surface area contributed by atoms with Gasteiger partial charge in [0.05, 0.1) is 11.3 Å². The topological polar surface area (TPSA) is 59.3 Å². The van der Waals surface area contributed by atoms with Crippen LogP contribution in [-0.2, 0) is 6.54 Å². The van der Waals surface area contributed by atoms with Crippen LogP contribution in [0.1, 0.15) is 27.8 Å². The Bertz CT molecular complexity index is 1660. The first-order chi connectivity index (χ1) is 21.0. The molecule has 43 heavy (non-hydrogen) atoms. The molecule has 218 valence electrons. The Morgan fingerprint density at radius 1 is 0.744 bits per heavy atom. The lowest BCUT2D eigenvalue weighted by Crippen LogP contribution is -2.45. The normalized spacial score (nSPS) is 14.4. The molecule has 0 bridgehead atoms. The van der Waals surface area contributed by atoms with Crippen molar-refractivity contribution in [2.75, 3.05) is 32.7 Å². The first-order valence-corrected chi connectivity index (χ1v) is 14.9. The predicted octanol–water partition coefficient (Wildman–Crippen LogP) is 6.88. The molecule has 0 spiro atoms. The predicted molar refractivity (Wildman–Crippen MR) is 173 cm³/mol. The number of hydrogen-bond acceptors (Lipinski definition) is 6. The SMILES string of the molecule is Cc1ccc(Oc2cccc(CN3CCN(CC=Cc4ccccc4)CC3)c2-c2nnnn2-c2c(C)cccc2C)cc1. The number of tetrazole rings is 1. The molecule has 0 N–H and O–H groups in total. The van der Waals surface area contributed by atoms with Crippen LogP contribution in [0.3, 0.4) is 0 Å². The fourth-order valence-corrected chi connectivity index (χ4v) is 5.69. The lowest BCUT2D eigenvalue weighted by Gasteiger charge is -2.34. The molecular weight excluding hydrogens is 532 g/mol. The van der Waals surface area contributed by atoms with Crippen molar-refractivity contribution in [1.29, 1.82) is 0 Å². The van der Waals surface area contributed by atoms with E-state index in [0.29, 0.717) is 5.82 Å². The van der Waals surface area contributed by atoms with Gasteiger partial charge in [0.2, 0.25) is 0 Å². The average Bonchev–Trinajstić information content (AvgIpc) is 3.49. The van der Waals surface area contributed by atoms with Crippen molar-refractivity contribution in [3.8, 4) is 28.6 Å². The third-order valence-electron chi connectivity index (χ3n) is 8.04. The standard InChI is InChI=1S/C36H38N6O/c1-27-17-19-32(20-18-27)43-33-16-8-15-31(34(33)36-37-38-39-42(36)35-28(2)10-7-11-29(35)3)26-41-24-22-40(23-25-41)21-9-14-30-12-5-4-6-13-30/h4-20H,21-26H2,1-3H3. The van der Waals surface area contributed by atoms with Crippen molar-refractivity contribution in [3.63, 3.8) is 0 Å². The van der Waals surface area contributed by atoms with Crippen molar-refractivity contribution < 1.29 is 4.74 Å². The highest BCUT2D eigenvalue weighted by Gasteiger charge is 2.24. The smallest absolute Gasteiger partial charge is 0.191 e. The van der Waals surface area contributed by atoms with Crippen LogP contribution in [0.25, 0.3) is 23.2 Å². The number of rotatable bonds is 9. The number of aryl methyl sites for hydroxylation is 3. The summed E-state index contributed by atoms with van der Waals surface area (Å²) in [6, 6.07) is 31.1. The first-order valence-electron chi connectivity index (χ1n) is 14.9. The van der Waals surface area contributed by atoms with Gasteiger partial charge >= 0.3 is 0 Å². The molecule has 1 aliphatic rings. The average molecular weight is 571 g/mol. The molecule has 7 heteroatoms. The number of piperazine rings is 1. The molecule has 1 aromatic heterocycles. The Morgan fingerprint density at radius 2 is 1.44 bits per heavy atom. The van der Waals surface area contributed by atoms with Crippen molar-refractivity contribution in [3.05, 3.63) is 125 Å². The summed E-state index contributed by atoms with van der Waals surface area (Å²) < 4.78 is 8.39. The Morgan fingerprint density at radius 3 is 2.19 bits per heavy atom. The molecule has 2 heterocycles. The van der Waals surface area contributed by atoms with E-state index in [1.54, 1.807) is 0 Å². The lowest BCUT2D eigenvalue weighted by atomic mass is 10.0. The van der Waals surface area contributed by atoms with Gasteiger partial charge in [-0.25, -0.2) is 0 Å². The molecule has 0 aliphatic carbocycles. The van der Waals surface area contributed by atoms with E-state index in [4.69, 9.17) is 4.74 Å². The maximum Gasteiger partial charge on any atom is 0.191 e. The molecule has 0 saturated carbocycles. The summed E-state index contributed by atoms with van der Waals surface area (Å²) in [5.74, 6) is 2.21. The van der Waals surface area contributed by atoms with Gasteiger partial charge in [0.15, 0.2) is 5.82 Å². The molecular formula is C36H38N6O. The molecule has 1 aliphatic heterocycles. The molecule has 6 rings (SSSR count). The van der Waals surface area contributed by atoms with Crippen LogP contribution in [0.15, 0.2) is 97.1 Å². The second-order valence-corrected chi connectivity index (χ2v) is 11.2. The molecule has 0 radical (unpaired) electrons. The number of ether oxygens (including phenoxy) is 1. The van der Waals surface area contributed by atoms with Gasteiger partial charge in [0, 0.05) is 39.3 Å². The van der Waals surface area contributed by atoms with Crippen molar-refractivity contribution in [2.45, 2.75) is 27.3 Å². The maximum atomic E-state index is 6.52. The Kier molecular flexibility index (Phi) is 8.72. The molecule has 0 unspecified atom stereocenters. The molecule has 4 aromatic carbocycles. The van der Waals surface area contributed by atoms with E-state index < -0.39 is 0 Å². The fourth-order valence-electron chi connectivity index (χ4n) is 5.69. The maximum absolute atomic E-state index is 6.52. The summed E-state index contributed by atoms with van der Waals surface area (Å²) in [4.78, 5) is 5.02. The van der Waals surface area contributed by atoms with Crippen LogP contribution in [0.4, 0.5) is 0 Å². The summed E-state index contributed by atoms with van der Waals surface area (Å²) in [7, 11) is 0. The number of hydrogen-bond donors (Lipinski definition) is 0. The Labute approximate surface area is 254 Å². The number of aromatic nitrogens is 4. The summed E-state index contributed by atoms with van der Waals surface area (Å²) in [5, 5.41) is 13.2. The minimum atomic E-state index is 0.680. The van der Waals surface area contributed by atoms with Crippen LogP contribution in [0, 0.1) is 20.8 Å². The molecule has 0 atom stereocenters. The van der Waals surface area contributed by atoms with Gasteiger partial charge in [-0.15, -0.1) is 5.10 Å². The third-order valence-corrected chi connectivity index (χ3v) is 8.04. The van der Waals surface area contributed by atoms with Crippen molar-refractivity contribution in [1.82, 2.24) is 30.0 Å². The zero-order chi connectivity index (χ0) is 29.6. The lowest BCUT2D eigenvalue weighted by molar-refractivity contribution is 0.137. The van der Waals surface area contributed by atoms with Crippen LogP contribution >= 0.6 is 0 Å². The first kappa shape index (κ1) is 28.5. The van der Waals surface area contributed by atoms with E-state index in [-0.39, 0.29) is 0 Å². The highest BCUT2D eigenvalue weighted by molar-refractivity contribution is 5.71. The minimum absolute atomic E-state index is 0.680. The highest BCUT2D eigenvalue weighted by atomic mass is 16.5. The van der Waals surface area contributed by atoms with Gasteiger partial charge in [-0.1, -0.05) is 90.5 Å². The van der Waals surface area contributed by atoms with Crippen LogP contribution < -0.4 is 4.74 Å². The monoisotopic (exact) mass is 570 g/mol. The molecule has 0 amide bonds. The van der Waals surface area contributed by atoms with Gasteiger partial charge in [0.25, 0.3) is 0 Å². The molecule has 5 aromatic rings. The second kappa shape index (κ2) is 13.2. The zero-order valence-electron chi connectivity index (χ0n) is 25.1. The van der Waals surface area contributed by atoms with E-state index in [1.807, 2.05) is 22.9 Å². The number of nitrogens with zero attached hydrogens (tertiary/aromatic N) is 6. The highest BCUT2D eigenvalue weighted by Crippen LogP contribution is 2.37. The summed E-state index contributed by atoms with van der Waals surface area (Å²) in [5.41, 5.74) is 7.72. The third kappa shape index (κ3) is 6.74. The van der Waals surface area contributed by atoms with Gasteiger partial charge in [-0.05, 0) is 71.7 Å². The van der Waals surface area contributed by atoms with Gasteiger partial charge in [-0.2, -0.15) is 4.68 Å². The van der Waals surface area contributed by atoms with E-state index in [1.165, 1.54) is 11.1 Å². The molecule has 7 nitrogen and oxygen atoms in total. The van der Waals surface area contributed by atoms with E-state index in [2.05, 4.69) is 131 Å². The second-order valence-electron chi connectivity index (χ2n) is 11.2. The minimum Gasteiger partial charge on any atom is -0.457 e. The largest absolute Gasteiger partial charge is 0.457 e. The van der Waals surface area contributed by atoms with Crippen LogP contribution in [0.2, 0.25) is 0 Å². The molecule has 1 saturated heterocycles. The van der Waals surface area contributed by atoms with Crippen molar-refractivity contribution >= 4 is 6.08 Å². The Balaban J connectivity index is 1.27. The van der Waals surface area contributed by atoms with Crippen LogP contribution in [0.5, 0.6) is 11.5 Å². The van der Waals surface area contributed by atoms with E-state index >= 15 is 0 Å². The van der Waals surface area contributed by atoms with E-state index in [9.17, 15) is 0 Å². The fraction of sp³-hybridized carbons (Fsp3) is 0.250. The number of para-hydroxylation sites is 1. The summed E-state index contributed by atoms with van der Waals surface area (Å²) in [6.07, 6.45) is 4.47. The molecule has 1 fully saturated rings. The summed E-state index contributed by atoms with van der Waals surface area (Å²) in [6.45, 7) is 12.0. The van der Waals surface area contributed by atoms with Gasteiger partial charge in [0.1, 0.15) is 11.5 Å². The van der Waals surface area contributed by atoms with Crippen LogP contribution in [-0.4, -0.2) is 62.7 Å². The van der Waals surface area contributed by atoms with Gasteiger partial charge in [-0.3, -0.25) is 9.80 Å².